The van der Waals surface area contributed by atoms with Crippen LogP contribution in [0, 0.1) is 0 Å². The third-order valence-corrected chi connectivity index (χ3v) is 5.69. The maximum absolute atomic E-state index is 12.7. The number of hydrogen-bond acceptors (Lipinski definition) is 3. The molecule has 0 spiro atoms. The SMILES string of the molecule is CC(C(N)=S)N(C)S(=O)(=O)c1cccc2ccccc12. The summed E-state index contributed by atoms with van der Waals surface area (Å²) in [5.74, 6) is 0. The van der Waals surface area contributed by atoms with Crippen LogP contribution in [0.3, 0.4) is 0 Å². The highest BCUT2D eigenvalue weighted by atomic mass is 32.2. The third-order valence-electron chi connectivity index (χ3n) is 3.36. The second-order valence-corrected chi connectivity index (χ2v) is 7.01. The lowest BCUT2D eigenvalue weighted by atomic mass is 10.1. The summed E-state index contributed by atoms with van der Waals surface area (Å²) in [6, 6.07) is 12.0. The van der Waals surface area contributed by atoms with E-state index in [1.165, 1.54) is 11.4 Å². The first-order valence-electron chi connectivity index (χ1n) is 6.11. The minimum absolute atomic E-state index is 0.149. The van der Waals surface area contributed by atoms with E-state index in [4.69, 9.17) is 18.0 Å². The molecule has 6 heteroatoms. The minimum atomic E-state index is -3.64. The predicted molar refractivity (Wildman–Crippen MR) is 85.1 cm³/mol. The number of nitrogens with zero attached hydrogens (tertiary/aromatic N) is 1. The summed E-state index contributed by atoms with van der Waals surface area (Å²) in [6.45, 7) is 1.67. The van der Waals surface area contributed by atoms with Crippen molar-refractivity contribution in [2.45, 2.75) is 17.9 Å². The van der Waals surface area contributed by atoms with Gasteiger partial charge in [0, 0.05) is 12.4 Å². The molecule has 4 nitrogen and oxygen atoms in total. The molecule has 0 saturated heterocycles. The molecule has 2 aromatic rings. The molecule has 0 fully saturated rings. The molecular formula is C14H16N2O2S2. The lowest BCUT2D eigenvalue weighted by Gasteiger charge is -2.24. The number of fused-ring (bicyclic) bond motifs is 1. The van der Waals surface area contributed by atoms with Gasteiger partial charge in [-0.3, -0.25) is 0 Å². The summed E-state index contributed by atoms with van der Waals surface area (Å²) in [6.07, 6.45) is 0. The fraction of sp³-hybridized carbons (Fsp3) is 0.214. The molecule has 1 unspecified atom stereocenters. The quantitative estimate of drug-likeness (QED) is 0.879. The molecule has 0 aliphatic rings. The first-order valence-corrected chi connectivity index (χ1v) is 7.95. The van der Waals surface area contributed by atoms with Crippen molar-refractivity contribution in [3.63, 3.8) is 0 Å². The number of likely N-dealkylation sites (N-methyl/N-ethyl adjacent to an activating group) is 1. The number of nitrogens with two attached hydrogens (primary N) is 1. The van der Waals surface area contributed by atoms with Gasteiger partial charge in [-0.25, -0.2) is 8.42 Å². The molecule has 0 saturated carbocycles. The van der Waals surface area contributed by atoms with E-state index in [0.29, 0.717) is 5.39 Å². The molecule has 0 radical (unpaired) electrons. The summed E-state index contributed by atoms with van der Waals surface area (Å²) in [7, 11) is -2.16. The number of benzene rings is 2. The van der Waals surface area contributed by atoms with Crippen molar-refractivity contribution in [2.75, 3.05) is 7.05 Å². The van der Waals surface area contributed by atoms with Gasteiger partial charge in [-0.1, -0.05) is 48.6 Å². The zero-order chi connectivity index (χ0) is 14.9. The highest BCUT2D eigenvalue weighted by molar-refractivity contribution is 7.89. The molecule has 20 heavy (non-hydrogen) atoms. The van der Waals surface area contributed by atoms with Gasteiger partial charge in [-0.15, -0.1) is 0 Å². The standard InChI is InChI=1S/C14H16N2O2S2/c1-10(14(15)19)16(2)20(17,18)13-9-5-7-11-6-3-4-8-12(11)13/h3-10H,1-2H3,(H2,15,19). The summed E-state index contributed by atoms with van der Waals surface area (Å²) in [5.41, 5.74) is 5.55. The van der Waals surface area contributed by atoms with Crippen LogP contribution in [0.15, 0.2) is 47.4 Å². The van der Waals surface area contributed by atoms with Gasteiger partial charge in [0.25, 0.3) is 0 Å². The Labute approximate surface area is 124 Å². The lowest BCUT2D eigenvalue weighted by molar-refractivity contribution is 0.452. The van der Waals surface area contributed by atoms with Gasteiger partial charge in [0.15, 0.2) is 0 Å². The number of hydrogen-bond donors (Lipinski definition) is 1. The zero-order valence-corrected chi connectivity index (χ0v) is 12.9. The molecule has 1 atom stereocenters. The van der Waals surface area contributed by atoms with Crippen LogP contribution in [0.5, 0.6) is 0 Å². The fourth-order valence-electron chi connectivity index (χ4n) is 1.96. The highest BCUT2D eigenvalue weighted by Gasteiger charge is 2.28. The maximum Gasteiger partial charge on any atom is 0.244 e. The van der Waals surface area contributed by atoms with Crippen molar-refractivity contribution in [2.24, 2.45) is 5.73 Å². The van der Waals surface area contributed by atoms with Crippen molar-refractivity contribution in [1.29, 1.82) is 0 Å². The minimum Gasteiger partial charge on any atom is -0.392 e. The Morgan fingerprint density at radius 1 is 1.20 bits per heavy atom. The number of rotatable bonds is 4. The Hall–Kier alpha value is -1.50. The molecule has 106 valence electrons. The molecule has 0 amide bonds. The van der Waals surface area contributed by atoms with E-state index in [1.54, 1.807) is 25.1 Å². The summed E-state index contributed by atoms with van der Waals surface area (Å²) in [4.78, 5) is 0.414. The van der Waals surface area contributed by atoms with Crippen LogP contribution < -0.4 is 5.73 Å². The van der Waals surface area contributed by atoms with Gasteiger partial charge in [0.05, 0.1) is 15.9 Å². The Morgan fingerprint density at radius 3 is 2.45 bits per heavy atom. The molecule has 2 N–H and O–H groups in total. The smallest absolute Gasteiger partial charge is 0.244 e. The highest BCUT2D eigenvalue weighted by Crippen LogP contribution is 2.25. The predicted octanol–water partition coefficient (Wildman–Crippen LogP) is 2.13. The zero-order valence-electron chi connectivity index (χ0n) is 11.3. The van der Waals surface area contributed by atoms with E-state index >= 15 is 0 Å². The molecule has 0 bridgehead atoms. The van der Waals surface area contributed by atoms with Crippen molar-refractivity contribution in [3.8, 4) is 0 Å². The number of sulfonamides is 1. The Kier molecular flexibility index (Phi) is 4.08. The Balaban J connectivity index is 2.61. The molecule has 0 aromatic heterocycles. The monoisotopic (exact) mass is 308 g/mol. The average Bonchev–Trinajstić information content (AvgIpc) is 2.44. The van der Waals surface area contributed by atoms with E-state index in [-0.39, 0.29) is 9.88 Å². The van der Waals surface area contributed by atoms with Crippen LogP contribution in [-0.2, 0) is 10.0 Å². The van der Waals surface area contributed by atoms with Crippen molar-refractivity contribution < 1.29 is 8.42 Å². The van der Waals surface area contributed by atoms with Gasteiger partial charge < -0.3 is 5.73 Å². The van der Waals surface area contributed by atoms with Gasteiger partial charge in [-0.2, -0.15) is 4.31 Å². The van der Waals surface area contributed by atoms with E-state index in [0.717, 1.165) is 5.39 Å². The van der Waals surface area contributed by atoms with Gasteiger partial charge in [0.2, 0.25) is 10.0 Å². The maximum atomic E-state index is 12.7. The first kappa shape index (κ1) is 14.9. The van der Waals surface area contributed by atoms with Crippen LogP contribution in [0.25, 0.3) is 10.8 Å². The molecule has 2 rings (SSSR count). The van der Waals surface area contributed by atoms with Crippen molar-refractivity contribution in [1.82, 2.24) is 4.31 Å². The van der Waals surface area contributed by atoms with Crippen molar-refractivity contribution in [3.05, 3.63) is 42.5 Å². The molecule has 0 aliphatic carbocycles. The number of thiocarbonyl (C=S) groups is 1. The lowest BCUT2D eigenvalue weighted by Crippen LogP contribution is -2.42. The Morgan fingerprint density at radius 2 is 1.80 bits per heavy atom. The molecule has 0 aliphatic heterocycles. The van der Waals surface area contributed by atoms with Crippen LogP contribution in [0.1, 0.15) is 6.92 Å². The third kappa shape index (κ3) is 2.54. The second-order valence-electron chi connectivity index (χ2n) is 4.58. The second kappa shape index (κ2) is 5.47. The summed E-state index contributed by atoms with van der Waals surface area (Å²) in [5, 5.41) is 1.57. The van der Waals surface area contributed by atoms with E-state index < -0.39 is 16.1 Å². The van der Waals surface area contributed by atoms with E-state index in [1.807, 2.05) is 24.3 Å². The van der Waals surface area contributed by atoms with Gasteiger partial charge >= 0.3 is 0 Å². The van der Waals surface area contributed by atoms with Gasteiger partial charge in [-0.05, 0) is 18.4 Å². The molecule has 2 aromatic carbocycles. The van der Waals surface area contributed by atoms with Crippen molar-refractivity contribution >= 4 is 38.0 Å². The fourth-order valence-corrected chi connectivity index (χ4v) is 3.74. The van der Waals surface area contributed by atoms with Gasteiger partial charge in [0.1, 0.15) is 0 Å². The summed E-state index contributed by atoms with van der Waals surface area (Å²) < 4.78 is 26.6. The topological polar surface area (TPSA) is 63.4 Å². The Bertz CT molecular complexity index is 751. The van der Waals surface area contributed by atoms with Crippen LogP contribution in [0.2, 0.25) is 0 Å². The first-order chi connectivity index (χ1) is 9.35. The van der Waals surface area contributed by atoms with E-state index in [2.05, 4.69) is 0 Å². The average molecular weight is 308 g/mol. The molecular weight excluding hydrogens is 292 g/mol. The van der Waals surface area contributed by atoms with Crippen LogP contribution >= 0.6 is 12.2 Å². The normalized spacial score (nSPS) is 13.6. The van der Waals surface area contributed by atoms with Crippen LogP contribution in [-0.4, -0.2) is 30.8 Å². The van der Waals surface area contributed by atoms with Crippen LogP contribution in [0.4, 0.5) is 0 Å². The summed E-state index contributed by atoms with van der Waals surface area (Å²) >= 11 is 4.88. The van der Waals surface area contributed by atoms with E-state index in [9.17, 15) is 8.42 Å². The largest absolute Gasteiger partial charge is 0.392 e. The molecule has 0 heterocycles.